The zero-order valence-corrected chi connectivity index (χ0v) is 23.4. The number of halogens is 1. The maximum absolute atomic E-state index is 13.2. The Balaban J connectivity index is 1.20. The lowest BCUT2D eigenvalue weighted by molar-refractivity contribution is 0.102. The third-order valence-electron chi connectivity index (χ3n) is 7.56. The van der Waals surface area contributed by atoms with Crippen LogP contribution in [0, 0.1) is 0 Å². The van der Waals surface area contributed by atoms with Crippen LogP contribution in [0.25, 0.3) is 0 Å². The van der Waals surface area contributed by atoms with Crippen molar-refractivity contribution < 1.29 is 9.53 Å². The Morgan fingerprint density at radius 1 is 0.900 bits per heavy atom. The van der Waals surface area contributed by atoms with Crippen molar-refractivity contribution in [1.29, 1.82) is 0 Å². The quantitative estimate of drug-likeness (QED) is 0.220. The van der Waals surface area contributed by atoms with Crippen LogP contribution in [0.4, 0.5) is 34.1 Å². The van der Waals surface area contributed by atoms with Gasteiger partial charge in [0, 0.05) is 36.3 Å². The minimum atomic E-state index is -0.145. The van der Waals surface area contributed by atoms with Gasteiger partial charge in [-0.15, -0.1) is 0 Å². The second-order valence-corrected chi connectivity index (χ2v) is 11.3. The topological polar surface area (TPSA) is 78.5 Å². The smallest absolute Gasteiger partial charge is 0.257 e. The largest absolute Gasteiger partial charge is 0.378 e. The number of morpholine rings is 1. The third-order valence-corrected chi connectivity index (χ3v) is 7.76. The Morgan fingerprint density at radius 2 is 1.68 bits per heavy atom. The molecule has 1 aromatic heterocycles. The lowest BCUT2D eigenvalue weighted by atomic mass is 9.79. The number of amides is 1. The Hall–Kier alpha value is -4.07. The van der Waals surface area contributed by atoms with Gasteiger partial charge in [-0.2, -0.15) is 0 Å². The molecule has 2 aliphatic heterocycles. The molecule has 2 aliphatic rings. The van der Waals surface area contributed by atoms with Crippen LogP contribution in [0.2, 0.25) is 5.15 Å². The van der Waals surface area contributed by atoms with E-state index < -0.39 is 0 Å². The molecule has 204 valence electrons. The number of hydrogen-bond acceptors (Lipinski definition) is 6. The molecule has 3 aromatic carbocycles. The van der Waals surface area contributed by atoms with E-state index in [0.717, 1.165) is 66.7 Å². The summed E-state index contributed by atoms with van der Waals surface area (Å²) < 4.78 is 5.48. The van der Waals surface area contributed by atoms with Gasteiger partial charge in [-0.3, -0.25) is 4.79 Å². The number of benzene rings is 3. The van der Waals surface area contributed by atoms with Crippen molar-refractivity contribution in [2.45, 2.75) is 25.7 Å². The van der Waals surface area contributed by atoms with Gasteiger partial charge in [-0.1, -0.05) is 43.6 Å². The summed E-state index contributed by atoms with van der Waals surface area (Å²) in [6.45, 7) is 7.91. The average molecular weight is 554 g/mol. The number of pyridine rings is 1. The number of ether oxygens (including phenoxy) is 1. The van der Waals surface area contributed by atoms with Crippen LogP contribution in [0.15, 0.2) is 79.0 Å². The standard InChI is InChI=1S/C32H32ClN5O2/c1-32(2,20-21-3-7-25(8-4-21)38-13-15-40-16-14-38)22-5-10-27-29(17-22)37-31(39)26-9-6-23(18-28(26)36-27)35-24-11-12-34-30(33)19-24/h3-12,17-19,36H,13-16,20H2,1-2H3,(H,34,35)(H,37,39). The van der Waals surface area contributed by atoms with Crippen LogP contribution in [-0.4, -0.2) is 37.2 Å². The molecule has 3 N–H and O–H groups in total. The zero-order chi connectivity index (χ0) is 27.7. The van der Waals surface area contributed by atoms with Gasteiger partial charge in [0.25, 0.3) is 5.91 Å². The van der Waals surface area contributed by atoms with Crippen molar-refractivity contribution in [2.24, 2.45) is 0 Å². The first-order valence-corrected chi connectivity index (χ1v) is 13.9. The highest BCUT2D eigenvalue weighted by molar-refractivity contribution is 6.29. The molecule has 0 atom stereocenters. The molecule has 0 unspecified atom stereocenters. The number of nitrogens with one attached hydrogen (secondary N) is 3. The predicted molar refractivity (Wildman–Crippen MR) is 163 cm³/mol. The van der Waals surface area contributed by atoms with Gasteiger partial charge in [0.15, 0.2) is 0 Å². The maximum Gasteiger partial charge on any atom is 0.257 e. The lowest BCUT2D eigenvalue weighted by Crippen LogP contribution is -2.36. The van der Waals surface area contributed by atoms with Crippen LogP contribution < -0.4 is 20.9 Å². The number of anilines is 6. The minimum absolute atomic E-state index is 0.137. The van der Waals surface area contributed by atoms with Gasteiger partial charge in [0.05, 0.1) is 35.8 Å². The first-order chi connectivity index (χ1) is 19.3. The van der Waals surface area contributed by atoms with Gasteiger partial charge >= 0.3 is 0 Å². The number of hydrogen-bond donors (Lipinski definition) is 3. The first kappa shape index (κ1) is 26.2. The summed E-state index contributed by atoms with van der Waals surface area (Å²) in [7, 11) is 0. The molecule has 1 amide bonds. The monoisotopic (exact) mass is 553 g/mol. The van der Waals surface area contributed by atoms with Crippen molar-refractivity contribution in [2.75, 3.05) is 47.2 Å². The summed E-state index contributed by atoms with van der Waals surface area (Å²) in [6, 6.07) is 24.4. The van der Waals surface area contributed by atoms with E-state index in [4.69, 9.17) is 16.3 Å². The molecular formula is C32H32ClN5O2. The summed E-state index contributed by atoms with van der Waals surface area (Å²) in [5, 5.41) is 10.3. The number of aromatic nitrogens is 1. The summed E-state index contributed by atoms with van der Waals surface area (Å²) in [4.78, 5) is 19.6. The third kappa shape index (κ3) is 5.62. The van der Waals surface area contributed by atoms with Crippen LogP contribution in [0.5, 0.6) is 0 Å². The molecule has 0 saturated carbocycles. The van der Waals surface area contributed by atoms with Crippen LogP contribution in [0.1, 0.15) is 35.3 Å². The first-order valence-electron chi connectivity index (χ1n) is 13.5. The molecule has 0 radical (unpaired) electrons. The molecule has 1 fully saturated rings. The molecule has 0 spiro atoms. The molecule has 3 heterocycles. The van der Waals surface area contributed by atoms with E-state index in [1.165, 1.54) is 11.3 Å². The minimum Gasteiger partial charge on any atom is -0.378 e. The number of fused-ring (bicyclic) bond motifs is 2. The molecule has 0 bridgehead atoms. The zero-order valence-electron chi connectivity index (χ0n) is 22.6. The van der Waals surface area contributed by atoms with E-state index in [9.17, 15) is 4.79 Å². The predicted octanol–water partition coefficient (Wildman–Crippen LogP) is 7.14. The van der Waals surface area contributed by atoms with E-state index in [1.54, 1.807) is 12.3 Å². The molecule has 40 heavy (non-hydrogen) atoms. The molecule has 0 aliphatic carbocycles. The van der Waals surface area contributed by atoms with Gasteiger partial charge in [-0.05, 0) is 77.6 Å². The fraction of sp³-hybridized carbons (Fsp3) is 0.250. The van der Waals surface area contributed by atoms with Crippen molar-refractivity contribution in [1.82, 2.24) is 4.98 Å². The Bertz CT molecular complexity index is 1550. The maximum atomic E-state index is 13.2. The highest BCUT2D eigenvalue weighted by Crippen LogP contribution is 2.38. The summed E-state index contributed by atoms with van der Waals surface area (Å²) in [6.07, 6.45) is 2.53. The van der Waals surface area contributed by atoms with Crippen LogP contribution in [-0.2, 0) is 16.6 Å². The Labute approximate surface area is 239 Å². The highest BCUT2D eigenvalue weighted by Gasteiger charge is 2.25. The summed E-state index contributed by atoms with van der Waals surface area (Å²) in [5.41, 5.74) is 8.13. The van der Waals surface area contributed by atoms with Crippen molar-refractivity contribution >= 4 is 51.6 Å². The molecule has 1 saturated heterocycles. The fourth-order valence-corrected chi connectivity index (χ4v) is 5.52. The van der Waals surface area contributed by atoms with Gasteiger partial charge in [0.1, 0.15) is 5.15 Å². The van der Waals surface area contributed by atoms with E-state index >= 15 is 0 Å². The molecule has 8 heteroatoms. The summed E-state index contributed by atoms with van der Waals surface area (Å²) >= 11 is 6.03. The normalized spacial score (nSPS) is 14.9. The van der Waals surface area contributed by atoms with Crippen molar-refractivity contribution in [3.05, 3.63) is 101 Å². The highest BCUT2D eigenvalue weighted by atomic mass is 35.5. The van der Waals surface area contributed by atoms with Crippen LogP contribution in [0.3, 0.4) is 0 Å². The van der Waals surface area contributed by atoms with Crippen molar-refractivity contribution in [3.63, 3.8) is 0 Å². The van der Waals surface area contributed by atoms with E-state index in [2.05, 4.69) is 76.1 Å². The van der Waals surface area contributed by atoms with E-state index in [1.807, 2.05) is 30.3 Å². The fourth-order valence-electron chi connectivity index (χ4n) is 5.34. The summed E-state index contributed by atoms with van der Waals surface area (Å²) in [5.74, 6) is -0.145. The number of carbonyl (C=O) groups excluding carboxylic acids is 1. The second kappa shape index (κ2) is 10.8. The number of nitrogens with zero attached hydrogens (tertiary/aromatic N) is 2. The molecular weight excluding hydrogens is 522 g/mol. The van der Waals surface area contributed by atoms with E-state index in [-0.39, 0.29) is 11.3 Å². The van der Waals surface area contributed by atoms with Gasteiger partial charge in [0.2, 0.25) is 0 Å². The molecule has 6 rings (SSSR count). The SMILES string of the molecule is CC(C)(Cc1ccc(N2CCOCC2)cc1)c1ccc2c(c1)NC(=O)c1ccc(Nc3ccnc(Cl)c3)cc1N2. The van der Waals surface area contributed by atoms with E-state index in [0.29, 0.717) is 10.7 Å². The van der Waals surface area contributed by atoms with Crippen LogP contribution >= 0.6 is 11.6 Å². The molecule has 4 aromatic rings. The lowest BCUT2D eigenvalue weighted by Gasteiger charge is -2.30. The number of carbonyl (C=O) groups is 1. The second-order valence-electron chi connectivity index (χ2n) is 10.9. The molecule has 7 nitrogen and oxygen atoms in total. The van der Waals surface area contributed by atoms with Crippen molar-refractivity contribution in [3.8, 4) is 0 Å². The van der Waals surface area contributed by atoms with Gasteiger partial charge in [-0.25, -0.2) is 4.98 Å². The average Bonchev–Trinajstić information content (AvgIpc) is 3.08. The van der Waals surface area contributed by atoms with Gasteiger partial charge < -0.3 is 25.6 Å². The Kier molecular flexibility index (Phi) is 7.09. The Morgan fingerprint density at radius 3 is 2.45 bits per heavy atom. The number of rotatable bonds is 6.